The van der Waals surface area contributed by atoms with Gasteiger partial charge in [0.25, 0.3) is 11.5 Å². The van der Waals surface area contributed by atoms with Gasteiger partial charge in [-0.1, -0.05) is 13.8 Å². The van der Waals surface area contributed by atoms with Gasteiger partial charge in [-0.3, -0.25) is 14.4 Å². The second-order valence-corrected chi connectivity index (χ2v) is 7.32. The minimum atomic E-state index is -0.975. The number of nitrogens with one attached hydrogen (secondary N) is 1. The number of piperidine rings is 1. The molecule has 1 saturated heterocycles. The molecule has 144 valence electrons. The maximum absolute atomic E-state index is 12.8. The van der Waals surface area contributed by atoms with Gasteiger partial charge in [-0.05, 0) is 43.7 Å². The number of H-pyrrole nitrogens is 1. The van der Waals surface area contributed by atoms with Crippen molar-refractivity contribution in [2.75, 3.05) is 26.8 Å². The van der Waals surface area contributed by atoms with Gasteiger partial charge in [0.1, 0.15) is 5.56 Å². The molecule has 1 aromatic heterocycles. The number of rotatable bonds is 7. The molecule has 0 spiro atoms. The lowest BCUT2D eigenvalue weighted by Crippen LogP contribution is -2.50. The Hall–Kier alpha value is -2.15. The van der Waals surface area contributed by atoms with Crippen molar-refractivity contribution in [3.63, 3.8) is 0 Å². The monoisotopic (exact) mass is 364 g/mol. The number of aromatic nitrogens is 1. The summed E-state index contributed by atoms with van der Waals surface area (Å²) < 4.78 is 5.03. The van der Waals surface area contributed by atoms with Gasteiger partial charge in [0, 0.05) is 32.5 Å². The quantitative estimate of drug-likeness (QED) is 0.723. The average Bonchev–Trinajstić information content (AvgIpc) is 2.61. The highest BCUT2D eigenvalue weighted by atomic mass is 16.5. The number of methoxy groups -OCH3 is 1. The highest BCUT2D eigenvalue weighted by molar-refractivity contribution is 5.94. The van der Waals surface area contributed by atoms with Crippen molar-refractivity contribution in [2.45, 2.75) is 45.4 Å². The number of aliphatic carboxylic acids is 1. The number of likely N-dealkylation sites (tertiary alicyclic amines) is 1. The zero-order chi connectivity index (χ0) is 19.3. The van der Waals surface area contributed by atoms with Crippen LogP contribution in [0.25, 0.3) is 0 Å². The number of carboxylic acid groups (broad SMARTS) is 1. The summed E-state index contributed by atoms with van der Waals surface area (Å²) >= 11 is 0. The van der Waals surface area contributed by atoms with E-state index in [0.717, 1.165) is 5.69 Å². The molecule has 0 radical (unpaired) electrons. The van der Waals surface area contributed by atoms with Crippen LogP contribution in [-0.2, 0) is 9.53 Å². The average molecular weight is 364 g/mol. The Morgan fingerprint density at radius 1 is 1.38 bits per heavy atom. The van der Waals surface area contributed by atoms with Crippen LogP contribution in [0, 0.1) is 5.41 Å². The van der Waals surface area contributed by atoms with Gasteiger partial charge < -0.3 is 19.7 Å². The van der Waals surface area contributed by atoms with Crippen molar-refractivity contribution in [1.29, 1.82) is 0 Å². The molecule has 1 unspecified atom stereocenters. The molecule has 7 nitrogen and oxygen atoms in total. The smallest absolute Gasteiger partial charge is 0.311 e. The number of carbonyl (C=O) groups is 2. The first-order chi connectivity index (χ1) is 12.3. The summed E-state index contributed by atoms with van der Waals surface area (Å²) in [6.45, 7) is 4.98. The number of pyridine rings is 1. The van der Waals surface area contributed by atoms with E-state index in [1.165, 1.54) is 4.90 Å². The fourth-order valence-electron chi connectivity index (χ4n) is 3.51. The lowest BCUT2D eigenvalue weighted by molar-refractivity contribution is -0.152. The highest BCUT2D eigenvalue weighted by Crippen LogP contribution is 2.35. The molecule has 0 bridgehead atoms. The minimum Gasteiger partial charge on any atom is -0.481 e. The van der Waals surface area contributed by atoms with E-state index in [4.69, 9.17) is 4.74 Å². The zero-order valence-electron chi connectivity index (χ0n) is 15.7. The molecule has 1 aliphatic heterocycles. The molecular weight excluding hydrogens is 336 g/mol. The normalized spacial score (nSPS) is 20.4. The maximum Gasteiger partial charge on any atom is 0.311 e. The molecule has 1 atom stereocenters. The maximum atomic E-state index is 12.8. The summed E-state index contributed by atoms with van der Waals surface area (Å²) in [5, 5.41) is 9.76. The number of amides is 1. The fourth-order valence-corrected chi connectivity index (χ4v) is 3.51. The molecule has 1 aromatic rings. The van der Waals surface area contributed by atoms with Gasteiger partial charge in [0.2, 0.25) is 0 Å². The Kier molecular flexibility index (Phi) is 6.58. The third-order valence-electron chi connectivity index (χ3n) is 5.11. The third kappa shape index (κ3) is 4.33. The van der Waals surface area contributed by atoms with Gasteiger partial charge >= 0.3 is 5.97 Å². The number of hydrogen-bond acceptors (Lipinski definition) is 4. The first-order valence-corrected chi connectivity index (χ1v) is 9.05. The first kappa shape index (κ1) is 20.2. The van der Waals surface area contributed by atoms with Crippen LogP contribution in [0.1, 0.15) is 61.5 Å². The van der Waals surface area contributed by atoms with Crippen LogP contribution in [0.15, 0.2) is 16.9 Å². The van der Waals surface area contributed by atoms with Crippen LogP contribution in [-0.4, -0.2) is 53.7 Å². The molecule has 0 aliphatic carbocycles. The predicted molar refractivity (Wildman–Crippen MR) is 97.5 cm³/mol. The fraction of sp³-hybridized carbons (Fsp3) is 0.632. The van der Waals surface area contributed by atoms with Gasteiger partial charge in [-0.2, -0.15) is 0 Å². The Bertz CT molecular complexity index is 712. The lowest BCUT2D eigenvalue weighted by Gasteiger charge is -2.40. The van der Waals surface area contributed by atoms with E-state index in [1.54, 1.807) is 19.2 Å². The van der Waals surface area contributed by atoms with Crippen molar-refractivity contribution in [2.24, 2.45) is 5.41 Å². The van der Waals surface area contributed by atoms with E-state index in [0.29, 0.717) is 38.8 Å². The van der Waals surface area contributed by atoms with Crippen LogP contribution < -0.4 is 5.56 Å². The van der Waals surface area contributed by atoms with Crippen molar-refractivity contribution in [3.8, 4) is 0 Å². The third-order valence-corrected chi connectivity index (χ3v) is 5.11. The number of carbonyl (C=O) groups excluding carboxylic acids is 1. The van der Waals surface area contributed by atoms with Crippen LogP contribution in [0.4, 0.5) is 0 Å². The van der Waals surface area contributed by atoms with Crippen LogP contribution in [0.2, 0.25) is 0 Å². The molecule has 26 heavy (non-hydrogen) atoms. The number of carboxylic acids is 1. The van der Waals surface area contributed by atoms with Gasteiger partial charge in [0.15, 0.2) is 0 Å². The van der Waals surface area contributed by atoms with E-state index in [9.17, 15) is 19.5 Å². The zero-order valence-corrected chi connectivity index (χ0v) is 15.7. The second-order valence-electron chi connectivity index (χ2n) is 7.32. The first-order valence-electron chi connectivity index (χ1n) is 9.05. The molecule has 0 saturated carbocycles. The highest BCUT2D eigenvalue weighted by Gasteiger charge is 2.43. The van der Waals surface area contributed by atoms with Gasteiger partial charge in [-0.25, -0.2) is 0 Å². The summed E-state index contributed by atoms with van der Waals surface area (Å²) in [6.07, 6.45) is 2.20. The molecule has 2 heterocycles. The van der Waals surface area contributed by atoms with E-state index >= 15 is 0 Å². The summed E-state index contributed by atoms with van der Waals surface area (Å²) in [4.78, 5) is 41.3. The molecular formula is C19H28N2O5. The molecule has 1 amide bonds. The Morgan fingerprint density at radius 3 is 2.69 bits per heavy atom. The standard InChI is InChI=1S/C19H28N2O5/c1-13(2)15-7-6-14(16(22)20-15)17(23)21-10-4-8-19(12-21,18(24)25)9-5-11-26-3/h6-7,13H,4-5,8-12H2,1-3H3,(H,20,22)(H,24,25). The minimum absolute atomic E-state index is 0.0625. The topological polar surface area (TPSA) is 99.7 Å². The predicted octanol–water partition coefficient (Wildman–Crippen LogP) is 2.23. The molecule has 0 aromatic carbocycles. The SMILES string of the molecule is COCCCC1(C(=O)O)CCCN(C(=O)c2ccc(C(C)C)[nH]c2=O)C1. The Morgan fingerprint density at radius 2 is 2.12 bits per heavy atom. The molecule has 1 aliphatic rings. The Labute approximate surface area is 153 Å². The summed E-state index contributed by atoms with van der Waals surface area (Å²) in [6, 6.07) is 3.28. The summed E-state index contributed by atoms with van der Waals surface area (Å²) in [5.41, 5.74) is -0.568. The molecule has 7 heteroatoms. The van der Waals surface area contributed by atoms with Crippen LogP contribution >= 0.6 is 0 Å². The molecule has 2 N–H and O–H groups in total. The molecule has 1 fully saturated rings. The van der Waals surface area contributed by atoms with Crippen molar-refractivity contribution < 1.29 is 19.4 Å². The van der Waals surface area contributed by atoms with Crippen molar-refractivity contribution >= 4 is 11.9 Å². The van der Waals surface area contributed by atoms with Gasteiger partial charge in [-0.15, -0.1) is 0 Å². The summed E-state index contributed by atoms with van der Waals surface area (Å²) in [7, 11) is 1.58. The van der Waals surface area contributed by atoms with Gasteiger partial charge in [0.05, 0.1) is 5.41 Å². The number of ether oxygens (including phenoxy) is 1. The van der Waals surface area contributed by atoms with Crippen LogP contribution in [0.3, 0.4) is 0 Å². The van der Waals surface area contributed by atoms with E-state index < -0.39 is 22.9 Å². The van der Waals surface area contributed by atoms with Crippen molar-refractivity contribution in [3.05, 3.63) is 33.7 Å². The van der Waals surface area contributed by atoms with E-state index in [2.05, 4.69) is 4.98 Å². The van der Waals surface area contributed by atoms with Crippen molar-refractivity contribution in [1.82, 2.24) is 9.88 Å². The number of aromatic amines is 1. The lowest BCUT2D eigenvalue weighted by atomic mass is 9.76. The largest absolute Gasteiger partial charge is 0.481 e. The van der Waals surface area contributed by atoms with Crippen LogP contribution in [0.5, 0.6) is 0 Å². The second kappa shape index (κ2) is 8.49. The molecule has 2 rings (SSSR count). The number of nitrogens with zero attached hydrogens (tertiary/aromatic N) is 1. The number of hydrogen-bond donors (Lipinski definition) is 2. The van der Waals surface area contributed by atoms with E-state index in [-0.39, 0.29) is 18.0 Å². The summed E-state index contributed by atoms with van der Waals surface area (Å²) in [5.74, 6) is -1.14. The van der Waals surface area contributed by atoms with E-state index in [1.807, 2.05) is 13.8 Å². The Balaban J connectivity index is 2.21.